The summed E-state index contributed by atoms with van der Waals surface area (Å²) in [6, 6.07) is 11.3. The molecule has 5 rings (SSSR count). The molecule has 3 saturated heterocycles. The predicted octanol–water partition coefficient (Wildman–Crippen LogP) is 3.36. The molecule has 8 heteroatoms. The maximum Gasteiger partial charge on any atom is 0.275 e. The average molecular weight is 394 g/mol. The first-order valence-electron chi connectivity index (χ1n) is 9.50. The summed E-state index contributed by atoms with van der Waals surface area (Å²) in [4.78, 5) is 38.0. The highest BCUT2D eigenvalue weighted by molar-refractivity contribution is 6.23. The summed E-state index contributed by atoms with van der Waals surface area (Å²) < 4.78 is 11.6. The first kappa shape index (κ1) is 17.8. The van der Waals surface area contributed by atoms with E-state index in [1.807, 2.05) is 19.1 Å². The smallest absolute Gasteiger partial charge is 0.275 e. The SMILES string of the molecule is Cc1ccccc1Oc1cc(N2C(=O)C3C4CCC(O4)C3C2=O)cc([N+](=O)[O-])c1. The fourth-order valence-electron chi connectivity index (χ4n) is 4.63. The van der Waals surface area contributed by atoms with Crippen LogP contribution in [0.1, 0.15) is 18.4 Å². The van der Waals surface area contributed by atoms with Crippen LogP contribution >= 0.6 is 0 Å². The van der Waals surface area contributed by atoms with E-state index in [0.717, 1.165) is 23.3 Å². The van der Waals surface area contributed by atoms with E-state index >= 15 is 0 Å². The van der Waals surface area contributed by atoms with Crippen molar-refractivity contribution in [3.63, 3.8) is 0 Å². The molecule has 0 aromatic heterocycles. The Labute approximate surface area is 166 Å². The average Bonchev–Trinajstić information content (AvgIpc) is 3.37. The summed E-state index contributed by atoms with van der Waals surface area (Å²) in [5.41, 5.74) is 0.770. The molecule has 8 nitrogen and oxygen atoms in total. The van der Waals surface area contributed by atoms with Gasteiger partial charge in [0.05, 0.1) is 40.7 Å². The largest absolute Gasteiger partial charge is 0.457 e. The summed E-state index contributed by atoms with van der Waals surface area (Å²) in [5.74, 6) is -0.965. The molecule has 0 radical (unpaired) electrons. The number of imide groups is 1. The number of ether oxygens (including phenoxy) is 2. The van der Waals surface area contributed by atoms with Crippen molar-refractivity contribution in [3.05, 3.63) is 58.1 Å². The number of para-hydroxylation sites is 1. The van der Waals surface area contributed by atoms with Gasteiger partial charge in [0.2, 0.25) is 11.8 Å². The van der Waals surface area contributed by atoms with Gasteiger partial charge >= 0.3 is 0 Å². The Balaban J connectivity index is 1.54. The molecule has 2 amide bonds. The number of benzene rings is 2. The first-order chi connectivity index (χ1) is 13.9. The normalized spacial score (nSPS) is 27.4. The van der Waals surface area contributed by atoms with Crippen molar-refractivity contribution < 1.29 is 24.0 Å². The lowest BCUT2D eigenvalue weighted by Crippen LogP contribution is -2.34. The van der Waals surface area contributed by atoms with Gasteiger partial charge in [-0.2, -0.15) is 0 Å². The summed E-state index contributed by atoms with van der Waals surface area (Å²) in [7, 11) is 0. The van der Waals surface area contributed by atoms with Crippen molar-refractivity contribution in [1.82, 2.24) is 0 Å². The number of nitro benzene ring substituents is 1. The van der Waals surface area contributed by atoms with E-state index in [1.165, 1.54) is 18.2 Å². The monoisotopic (exact) mass is 394 g/mol. The third kappa shape index (κ3) is 2.71. The number of aryl methyl sites for hydroxylation is 1. The van der Waals surface area contributed by atoms with E-state index in [1.54, 1.807) is 12.1 Å². The van der Waals surface area contributed by atoms with Crippen LogP contribution in [-0.4, -0.2) is 28.9 Å². The summed E-state index contributed by atoms with van der Waals surface area (Å²) >= 11 is 0. The van der Waals surface area contributed by atoms with Gasteiger partial charge < -0.3 is 9.47 Å². The second kappa shape index (κ2) is 6.38. The topological polar surface area (TPSA) is 99.0 Å². The fraction of sp³-hybridized carbons (Fsp3) is 0.333. The van der Waals surface area contributed by atoms with E-state index in [0.29, 0.717) is 5.75 Å². The minimum absolute atomic E-state index is 0.159. The van der Waals surface area contributed by atoms with Crippen molar-refractivity contribution in [1.29, 1.82) is 0 Å². The number of rotatable bonds is 4. The molecule has 2 bridgehead atoms. The molecular formula is C21H18N2O6. The molecule has 0 N–H and O–H groups in total. The molecule has 3 aliphatic heterocycles. The standard InChI is InChI=1S/C21H18N2O6/c1-11-4-2-3-5-15(11)28-14-9-12(8-13(10-14)23(26)27)22-20(24)18-16-6-7-17(29-16)19(18)21(22)25/h2-5,8-10,16-19H,6-7H2,1H3. The van der Waals surface area contributed by atoms with Crippen LogP contribution < -0.4 is 9.64 Å². The zero-order valence-corrected chi connectivity index (χ0v) is 15.6. The molecule has 148 valence electrons. The Bertz CT molecular complexity index is 1020. The molecule has 0 spiro atoms. The van der Waals surface area contributed by atoms with Gasteiger partial charge in [-0.1, -0.05) is 18.2 Å². The van der Waals surface area contributed by atoms with Crippen LogP contribution in [0, 0.1) is 28.9 Å². The van der Waals surface area contributed by atoms with E-state index in [2.05, 4.69) is 0 Å². The molecular weight excluding hydrogens is 376 g/mol. The number of hydrogen-bond donors (Lipinski definition) is 0. The number of fused-ring (bicyclic) bond motifs is 5. The Kier molecular flexibility index (Phi) is 3.92. The number of nitrogens with zero attached hydrogens (tertiary/aromatic N) is 2. The van der Waals surface area contributed by atoms with Crippen molar-refractivity contribution >= 4 is 23.2 Å². The molecule has 2 aromatic rings. The van der Waals surface area contributed by atoms with E-state index in [9.17, 15) is 19.7 Å². The van der Waals surface area contributed by atoms with Crippen LogP contribution in [0.5, 0.6) is 11.5 Å². The highest BCUT2D eigenvalue weighted by atomic mass is 16.6. The summed E-state index contributed by atoms with van der Waals surface area (Å²) in [6.45, 7) is 1.86. The Morgan fingerprint density at radius 1 is 1.07 bits per heavy atom. The Morgan fingerprint density at radius 2 is 1.72 bits per heavy atom. The van der Waals surface area contributed by atoms with E-state index in [-0.39, 0.29) is 41.1 Å². The van der Waals surface area contributed by atoms with Crippen molar-refractivity contribution in [2.24, 2.45) is 11.8 Å². The molecule has 4 unspecified atom stereocenters. The van der Waals surface area contributed by atoms with Gasteiger partial charge in [0.15, 0.2) is 0 Å². The van der Waals surface area contributed by atoms with Crippen LogP contribution in [0.25, 0.3) is 0 Å². The van der Waals surface area contributed by atoms with Gasteiger partial charge in [-0.15, -0.1) is 0 Å². The molecule has 29 heavy (non-hydrogen) atoms. The van der Waals surface area contributed by atoms with Gasteiger partial charge in [0.1, 0.15) is 11.5 Å². The number of hydrogen-bond acceptors (Lipinski definition) is 6. The molecule has 3 fully saturated rings. The summed E-state index contributed by atoms with van der Waals surface area (Å²) in [6.07, 6.45) is 1.03. The van der Waals surface area contributed by atoms with Crippen LogP contribution in [-0.2, 0) is 14.3 Å². The first-order valence-corrected chi connectivity index (χ1v) is 9.50. The highest BCUT2D eigenvalue weighted by Crippen LogP contribution is 2.50. The Morgan fingerprint density at radius 3 is 2.34 bits per heavy atom. The second-order valence-corrected chi connectivity index (χ2v) is 7.66. The van der Waals surface area contributed by atoms with Crippen LogP contribution in [0.3, 0.4) is 0 Å². The molecule has 2 aromatic carbocycles. The van der Waals surface area contributed by atoms with Gasteiger partial charge in [-0.25, -0.2) is 4.90 Å². The van der Waals surface area contributed by atoms with Crippen molar-refractivity contribution in [3.8, 4) is 11.5 Å². The van der Waals surface area contributed by atoms with Gasteiger partial charge in [0.25, 0.3) is 5.69 Å². The second-order valence-electron chi connectivity index (χ2n) is 7.66. The van der Waals surface area contributed by atoms with E-state index < -0.39 is 16.8 Å². The van der Waals surface area contributed by atoms with Crippen LogP contribution in [0.15, 0.2) is 42.5 Å². The lowest BCUT2D eigenvalue weighted by Gasteiger charge is -2.18. The fourth-order valence-corrected chi connectivity index (χ4v) is 4.63. The maximum absolute atomic E-state index is 13.0. The number of carbonyl (C=O) groups excluding carboxylic acids is 2. The molecule has 0 aliphatic carbocycles. The summed E-state index contributed by atoms with van der Waals surface area (Å²) in [5, 5.41) is 11.5. The lowest BCUT2D eigenvalue weighted by atomic mass is 9.81. The zero-order chi connectivity index (χ0) is 20.3. The van der Waals surface area contributed by atoms with Crippen LogP contribution in [0.4, 0.5) is 11.4 Å². The predicted molar refractivity (Wildman–Crippen MR) is 102 cm³/mol. The third-order valence-corrected chi connectivity index (χ3v) is 5.95. The quantitative estimate of drug-likeness (QED) is 0.448. The van der Waals surface area contributed by atoms with Gasteiger partial charge in [-0.3, -0.25) is 19.7 Å². The molecule has 3 aliphatic rings. The number of non-ortho nitro benzene ring substituents is 1. The van der Waals surface area contributed by atoms with Crippen molar-refractivity contribution in [2.45, 2.75) is 32.0 Å². The number of amides is 2. The lowest BCUT2D eigenvalue weighted by molar-refractivity contribution is -0.384. The molecule has 3 heterocycles. The minimum atomic E-state index is -0.563. The number of carbonyl (C=O) groups is 2. The number of nitro groups is 1. The molecule has 4 atom stereocenters. The Hall–Kier alpha value is -3.26. The highest BCUT2D eigenvalue weighted by Gasteiger charge is 2.62. The van der Waals surface area contributed by atoms with Gasteiger partial charge in [0, 0.05) is 12.1 Å². The van der Waals surface area contributed by atoms with Gasteiger partial charge in [-0.05, 0) is 31.4 Å². The maximum atomic E-state index is 13.0. The number of anilines is 1. The van der Waals surface area contributed by atoms with Crippen LogP contribution in [0.2, 0.25) is 0 Å². The van der Waals surface area contributed by atoms with Crippen molar-refractivity contribution in [2.75, 3.05) is 4.90 Å². The zero-order valence-electron chi connectivity index (χ0n) is 15.6. The van der Waals surface area contributed by atoms with E-state index in [4.69, 9.17) is 9.47 Å². The minimum Gasteiger partial charge on any atom is -0.457 e. The third-order valence-electron chi connectivity index (χ3n) is 5.95. The molecule has 0 saturated carbocycles.